The molecule has 0 spiro atoms. The average molecular weight is 277 g/mol. The van der Waals surface area contributed by atoms with E-state index in [1.807, 2.05) is 0 Å². The van der Waals surface area contributed by atoms with Crippen LogP contribution in [0.15, 0.2) is 23.8 Å². The molecule has 0 amide bonds. The summed E-state index contributed by atoms with van der Waals surface area (Å²) in [5.74, 6) is 0. The number of hydrogen-bond acceptors (Lipinski definition) is 1. The highest BCUT2D eigenvalue weighted by Crippen LogP contribution is 2.62. The summed E-state index contributed by atoms with van der Waals surface area (Å²) in [6, 6.07) is 0. The van der Waals surface area contributed by atoms with Crippen LogP contribution >= 0.6 is 0 Å². The Morgan fingerprint density at radius 3 is 1.90 bits per heavy atom. The summed E-state index contributed by atoms with van der Waals surface area (Å²) >= 11 is 0. The molecule has 0 N–H and O–H groups in total. The molecule has 116 valence electrons. The summed E-state index contributed by atoms with van der Waals surface area (Å²) in [5, 5.41) is 0. The number of allylic oxidation sites excluding steroid dienone is 3. The van der Waals surface area contributed by atoms with Gasteiger partial charge >= 0.3 is 0 Å². The maximum atomic E-state index is 2.50. The van der Waals surface area contributed by atoms with Crippen LogP contribution in [0.2, 0.25) is 0 Å². The second-order valence-corrected chi connectivity index (χ2v) is 7.89. The number of nitrogens with zero attached hydrogens (tertiary/aromatic N) is 1. The largest absolute Gasteiger partial charge is 0.309 e. The average Bonchev–Trinajstić information content (AvgIpc) is 2.82. The van der Waals surface area contributed by atoms with Crippen molar-refractivity contribution in [2.75, 3.05) is 20.6 Å². The molecule has 0 saturated carbocycles. The molecule has 0 saturated heterocycles. The van der Waals surface area contributed by atoms with Crippen LogP contribution in [0.5, 0.6) is 0 Å². The van der Waals surface area contributed by atoms with Crippen molar-refractivity contribution in [3.63, 3.8) is 0 Å². The quantitative estimate of drug-likeness (QED) is 0.611. The van der Waals surface area contributed by atoms with Crippen molar-refractivity contribution >= 4 is 0 Å². The van der Waals surface area contributed by atoms with Crippen molar-refractivity contribution < 1.29 is 0 Å². The topological polar surface area (TPSA) is 3.24 Å². The van der Waals surface area contributed by atoms with Crippen LogP contribution in [0, 0.1) is 16.2 Å². The minimum atomic E-state index is 0.194. The van der Waals surface area contributed by atoms with Crippen molar-refractivity contribution in [1.29, 1.82) is 0 Å². The molecule has 1 heteroatoms. The van der Waals surface area contributed by atoms with E-state index in [0.29, 0.717) is 0 Å². The van der Waals surface area contributed by atoms with E-state index in [2.05, 4.69) is 78.8 Å². The van der Waals surface area contributed by atoms with Crippen molar-refractivity contribution in [2.45, 2.75) is 60.8 Å². The standard InChI is InChI=1S/C19H35N/c1-9-17(3,4)19(18(5,6)10-2)14-11-12-16(19)13-15-20(7)8/h11-12,14H,9-10,13,15H2,1-8H3. The molecule has 0 fully saturated rings. The van der Waals surface area contributed by atoms with Crippen molar-refractivity contribution in [3.8, 4) is 0 Å². The minimum absolute atomic E-state index is 0.194. The Morgan fingerprint density at radius 1 is 1.00 bits per heavy atom. The molecule has 1 nitrogen and oxygen atoms in total. The summed E-state index contributed by atoms with van der Waals surface area (Å²) in [5.41, 5.74) is 2.40. The second-order valence-electron chi connectivity index (χ2n) is 7.89. The van der Waals surface area contributed by atoms with Crippen LogP contribution in [0.4, 0.5) is 0 Å². The smallest absolute Gasteiger partial charge is 0.0199 e. The van der Waals surface area contributed by atoms with E-state index in [0.717, 1.165) is 6.54 Å². The fourth-order valence-electron chi connectivity index (χ4n) is 3.97. The van der Waals surface area contributed by atoms with Crippen molar-refractivity contribution in [2.24, 2.45) is 16.2 Å². The van der Waals surface area contributed by atoms with Crippen LogP contribution in [-0.4, -0.2) is 25.5 Å². The van der Waals surface area contributed by atoms with Crippen LogP contribution in [0.1, 0.15) is 60.8 Å². The molecule has 0 unspecified atom stereocenters. The van der Waals surface area contributed by atoms with Gasteiger partial charge in [0.2, 0.25) is 0 Å². The van der Waals surface area contributed by atoms with E-state index in [-0.39, 0.29) is 16.2 Å². The van der Waals surface area contributed by atoms with Gasteiger partial charge in [0.15, 0.2) is 0 Å². The lowest BCUT2D eigenvalue weighted by Gasteiger charge is -2.55. The predicted octanol–water partition coefficient (Wildman–Crippen LogP) is 5.29. The maximum absolute atomic E-state index is 2.50. The minimum Gasteiger partial charge on any atom is -0.309 e. The van der Waals surface area contributed by atoms with Crippen molar-refractivity contribution in [1.82, 2.24) is 4.90 Å². The molecule has 0 heterocycles. The first-order valence-corrected chi connectivity index (χ1v) is 8.18. The molecular weight excluding hydrogens is 242 g/mol. The molecule has 0 aromatic heterocycles. The summed E-state index contributed by atoms with van der Waals surface area (Å²) in [6.45, 7) is 15.6. The SMILES string of the molecule is CCC(C)(C)C1(C(C)(C)CC)C=CC=C1CCN(C)C. The zero-order chi connectivity index (χ0) is 15.6. The van der Waals surface area contributed by atoms with Crippen molar-refractivity contribution in [3.05, 3.63) is 23.8 Å². The third-order valence-electron chi connectivity index (χ3n) is 5.88. The lowest BCUT2D eigenvalue weighted by Crippen LogP contribution is -2.48. The van der Waals surface area contributed by atoms with Gasteiger partial charge in [-0.05, 0) is 44.2 Å². The van der Waals surface area contributed by atoms with E-state index >= 15 is 0 Å². The molecule has 20 heavy (non-hydrogen) atoms. The third kappa shape index (κ3) is 2.74. The highest BCUT2D eigenvalue weighted by atomic mass is 15.0. The van der Waals surface area contributed by atoms with E-state index < -0.39 is 0 Å². The molecule has 0 aliphatic heterocycles. The maximum Gasteiger partial charge on any atom is 0.0199 e. The third-order valence-corrected chi connectivity index (χ3v) is 5.88. The number of rotatable bonds is 7. The first-order valence-electron chi connectivity index (χ1n) is 8.18. The van der Waals surface area contributed by atoms with Crippen LogP contribution < -0.4 is 0 Å². The predicted molar refractivity (Wildman–Crippen MR) is 91.0 cm³/mol. The summed E-state index contributed by atoms with van der Waals surface area (Å²) in [4.78, 5) is 2.29. The molecule has 0 aromatic rings. The molecular formula is C19H35N. The Balaban J connectivity index is 3.26. The van der Waals surface area contributed by atoms with E-state index in [4.69, 9.17) is 0 Å². The Labute approximate surface area is 127 Å². The van der Waals surface area contributed by atoms with Gasteiger partial charge in [0.1, 0.15) is 0 Å². The van der Waals surface area contributed by atoms with Gasteiger partial charge in [-0.15, -0.1) is 0 Å². The molecule has 0 bridgehead atoms. The van der Waals surface area contributed by atoms with Gasteiger partial charge in [-0.1, -0.05) is 65.3 Å². The van der Waals surface area contributed by atoms with Gasteiger partial charge in [0.25, 0.3) is 0 Å². The fraction of sp³-hybridized carbons (Fsp3) is 0.789. The summed E-state index contributed by atoms with van der Waals surface area (Å²) < 4.78 is 0. The lowest BCUT2D eigenvalue weighted by atomic mass is 9.49. The second kappa shape index (κ2) is 6.05. The van der Waals surface area contributed by atoms with Gasteiger partial charge in [0, 0.05) is 12.0 Å². The first-order chi connectivity index (χ1) is 9.14. The summed E-state index contributed by atoms with van der Waals surface area (Å²) in [7, 11) is 4.33. The van der Waals surface area contributed by atoms with Gasteiger partial charge in [-0.25, -0.2) is 0 Å². The van der Waals surface area contributed by atoms with Gasteiger partial charge < -0.3 is 4.90 Å². The Bertz CT molecular complexity index is 367. The van der Waals surface area contributed by atoms with Gasteiger partial charge in [0.05, 0.1) is 0 Å². The number of hydrogen-bond donors (Lipinski definition) is 0. The lowest BCUT2D eigenvalue weighted by molar-refractivity contribution is 0.0198. The zero-order valence-electron chi connectivity index (χ0n) is 15.0. The Hall–Kier alpha value is -0.560. The van der Waals surface area contributed by atoms with E-state index in [9.17, 15) is 0 Å². The van der Waals surface area contributed by atoms with Crippen LogP contribution in [0.3, 0.4) is 0 Å². The Morgan fingerprint density at radius 2 is 1.50 bits per heavy atom. The first kappa shape index (κ1) is 17.5. The summed E-state index contributed by atoms with van der Waals surface area (Å²) in [6.07, 6.45) is 10.8. The molecule has 1 aliphatic rings. The molecule has 0 aromatic carbocycles. The fourth-order valence-corrected chi connectivity index (χ4v) is 3.97. The highest BCUT2D eigenvalue weighted by Gasteiger charge is 2.54. The monoisotopic (exact) mass is 277 g/mol. The van der Waals surface area contributed by atoms with E-state index in [1.54, 1.807) is 5.57 Å². The van der Waals surface area contributed by atoms with E-state index in [1.165, 1.54) is 19.3 Å². The molecule has 1 rings (SSSR count). The Kier molecular flexibility index (Phi) is 5.29. The van der Waals surface area contributed by atoms with Crippen LogP contribution in [0.25, 0.3) is 0 Å². The highest BCUT2D eigenvalue weighted by molar-refractivity contribution is 5.39. The normalized spacial score (nSPS) is 18.8. The van der Waals surface area contributed by atoms with Crippen LogP contribution in [-0.2, 0) is 0 Å². The van der Waals surface area contributed by atoms with Gasteiger partial charge in [-0.3, -0.25) is 0 Å². The zero-order valence-corrected chi connectivity index (χ0v) is 15.0. The molecule has 1 aliphatic carbocycles. The molecule has 0 atom stereocenters. The van der Waals surface area contributed by atoms with Gasteiger partial charge in [-0.2, -0.15) is 0 Å². The molecule has 0 radical (unpaired) electrons.